The first-order chi connectivity index (χ1) is 21.8. The van der Waals surface area contributed by atoms with Gasteiger partial charge in [-0.05, 0) is 30.3 Å². The van der Waals surface area contributed by atoms with Crippen molar-refractivity contribution in [1.29, 1.82) is 0 Å². The Morgan fingerprint density at radius 1 is 0.364 bits per heavy atom. The molecule has 6 nitrogen and oxygen atoms in total. The van der Waals surface area contributed by atoms with E-state index in [1.165, 1.54) is 0 Å². The van der Waals surface area contributed by atoms with Gasteiger partial charge in [0.25, 0.3) is 0 Å². The van der Waals surface area contributed by atoms with Crippen LogP contribution in [0.1, 0.15) is 0 Å². The van der Waals surface area contributed by atoms with Crippen LogP contribution in [0.2, 0.25) is 0 Å². The molecule has 0 bridgehead atoms. The molecule has 0 saturated carbocycles. The largest absolute Gasteiger partial charge is 0.294 e. The summed E-state index contributed by atoms with van der Waals surface area (Å²) in [5.41, 5.74) is 6.69. The maximum atomic E-state index is 5.44. The van der Waals surface area contributed by atoms with Gasteiger partial charge in [-0.3, -0.25) is 9.13 Å². The lowest BCUT2D eigenvalue weighted by Gasteiger charge is -2.11. The summed E-state index contributed by atoms with van der Waals surface area (Å²) in [5, 5.41) is 4.41. The number of pyridine rings is 1. The number of fused-ring (bicyclic) bond motifs is 6. The second kappa shape index (κ2) is 9.71. The number of benzene rings is 5. The normalized spacial score (nSPS) is 11.6. The zero-order valence-corrected chi connectivity index (χ0v) is 23.5. The van der Waals surface area contributed by atoms with Gasteiger partial charge in [-0.2, -0.15) is 9.97 Å². The van der Waals surface area contributed by atoms with Crippen molar-refractivity contribution in [1.82, 2.24) is 29.1 Å². The van der Waals surface area contributed by atoms with Crippen LogP contribution < -0.4 is 0 Å². The average Bonchev–Trinajstić information content (AvgIpc) is 3.60. The Hall–Kier alpha value is -6.14. The van der Waals surface area contributed by atoms with E-state index in [-0.39, 0.29) is 0 Å². The van der Waals surface area contributed by atoms with E-state index in [2.05, 4.69) is 81.9 Å². The lowest BCUT2D eigenvalue weighted by molar-refractivity contribution is 0.944. The second-order valence-electron chi connectivity index (χ2n) is 10.8. The first kappa shape index (κ1) is 24.5. The summed E-state index contributed by atoms with van der Waals surface area (Å²) in [7, 11) is 0. The van der Waals surface area contributed by atoms with E-state index in [1.807, 2.05) is 72.8 Å². The van der Waals surface area contributed by atoms with Crippen molar-refractivity contribution in [2.24, 2.45) is 0 Å². The molecule has 0 spiro atoms. The lowest BCUT2D eigenvalue weighted by Crippen LogP contribution is -2.07. The summed E-state index contributed by atoms with van der Waals surface area (Å²) in [6, 6.07) is 49.7. The van der Waals surface area contributed by atoms with Crippen molar-refractivity contribution in [2.75, 3.05) is 0 Å². The van der Waals surface area contributed by atoms with Crippen molar-refractivity contribution < 1.29 is 0 Å². The molecule has 0 radical (unpaired) electrons. The molecule has 9 rings (SSSR count). The summed E-state index contributed by atoms with van der Waals surface area (Å²) >= 11 is 0. The zero-order chi connectivity index (χ0) is 29.0. The summed E-state index contributed by atoms with van der Waals surface area (Å²) in [6.07, 6.45) is 0. The molecule has 0 saturated heterocycles. The van der Waals surface area contributed by atoms with Gasteiger partial charge in [-0.1, -0.05) is 115 Å². The van der Waals surface area contributed by atoms with Crippen LogP contribution in [0.5, 0.6) is 0 Å². The fourth-order valence-corrected chi connectivity index (χ4v) is 6.19. The maximum Gasteiger partial charge on any atom is 0.240 e. The van der Waals surface area contributed by atoms with Crippen LogP contribution in [0.15, 0.2) is 146 Å². The molecule has 4 aromatic heterocycles. The second-order valence-corrected chi connectivity index (χ2v) is 10.8. The number of hydrogen-bond acceptors (Lipinski definition) is 4. The fraction of sp³-hybridized carbons (Fsp3) is 0. The van der Waals surface area contributed by atoms with Crippen molar-refractivity contribution in [2.45, 2.75) is 0 Å². The van der Waals surface area contributed by atoms with Gasteiger partial charge in [0.1, 0.15) is 5.65 Å². The molecular formula is C38H24N6. The maximum absolute atomic E-state index is 5.44. The zero-order valence-electron chi connectivity index (χ0n) is 23.5. The van der Waals surface area contributed by atoms with Crippen LogP contribution in [0.4, 0.5) is 0 Å². The fourth-order valence-electron chi connectivity index (χ4n) is 6.19. The molecular weight excluding hydrogens is 540 g/mol. The Morgan fingerprint density at radius 2 is 0.818 bits per heavy atom. The highest BCUT2D eigenvalue weighted by atomic mass is 15.2. The Morgan fingerprint density at radius 3 is 1.39 bits per heavy atom. The third-order valence-corrected chi connectivity index (χ3v) is 8.18. The van der Waals surface area contributed by atoms with Crippen LogP contribution in [0, 0.1) is 0 Å². The van der Waals surface area contributed by atoms with E-state index in [0.717, 1.165) is 60.7 Å². The Bertz CT molecular complexity index is 2420. The third kappa shape index (κ3) is 3.75. The van der Waals surface area contributed by atoms with Crippen molar-refractivity contribution in [3.05, 3.63) is 146 Å². The smallest absolute Gasteiger partial charge is 0.240 e. The van der Waals surface area contributed by atoms with E-state index in [4.69, 9.17) is 19.9 Å². The predicted octanol–water partition coefficient (Wildman–Crippen LogP) is 8.79. The summed E-state index contributed by atoms with van der Waals surface area (Å²) in [5.74, 6) is 1.75. The minimum Gasteiger partial charge on any atom is -0.294 e. The van der Waals surface area contributed by atoms with E-state index in [9.17, 15) is 0 Å². The van der Waals surface area contributed by atoms with E-state index in [0.29, 0.717) is 17.6 Å². The van der Waals surface area contributed by atoms with Gasteiger partial charge in [0.15, 0.2) is 17.3 Å². The minimum atomic E-state index is 0.526. The molecule has 5 aromatic carbocycles. The average molecular weight is 565 g/mol. The van der Waals surface area contributed by atoms with Crippen LogP contribution in [0.25, 0.3) is 78.3 Å². The van der Waals surface area contributed by atoms with Gasteiger partial charge in [0, 0.05) is 38.4 Å². The van der Waals surface area contributed by atoms with Crippen LogP contribution in [-0.2, 0) is 0 Å². The molecule has 9 aromatic rings. The number of rotatable bonds is 4. The van der Waals surface area contributed by atoms with Gasteiger partial charge in [0.2, 0.25) is 5.95 Å². The predicted molar refractivity (Wildman–Crippen MR) is 177 cm³/mol. The monoisotopic (exact) mass is 564 g/mol. The van der Waals surface area contributed by atoms with Crippen molar-refractivity contribution in [3.63, 3.8) is 0 Å². The Kier molecular flexibility index (Phi) is 5.40. The third-order valence-electron chi connectivity index (χ3n) is 8.18. The highest BCUT2D eigenvalue weighted by Gasteiger charge is 2.22. The Balaban J connectivity index is 1.41. The van der Waals surface area contributed by atoms with Gasteiger partial charge in [0.05, 0.1) is 11.0 Å². The van der Waals surface area contributed by atoms with Crippen molar-refractivity contribution in [3.8, 4) is 34.4 Å². The standard InChI is InChI=1S/C38H24N6/c1-4-14-25(15-5-1)34-39-35(26-16-6-2-7-17-26)41-38(40-34)44-33-23-13-11-21-29(33)31-24-30-28-20-10-12-22-32(28)43(36(30)42-37(31)44)27-18-8-3-9-19-27/h1-24H. The molecule has 0 fully saturated rings. The van der Waals surface area contributed by atoms with E-state index in [1.54, 1.807) is 0 Å². The first-order valence-electron chi connectivity index (χ1n) is 14.6. The number of aromatic nitrogens is 6. The molecule has 0 aliphatic carbocycles. The molecule has 0 N–H and O–H groups in total. The SMILES string of the molecule is c1ccc(-c2nc(-c3ccccc3)nc(-n3c4ccccc4c4cc5c6ccccc6n(-c6ccccc6)c5nc43)n2)cc1. The van der Waals surface area contributed by atoms with E-state index >= 15 is 0 Å². The van der Waals surface area contributed by atoms with Gasteiger partial charge in [-0.25, -0.2) is 9.97 Å². The van der Waals surface area contributed by atoms with E-state index < -0.39 is 0 Å². The van der Waals surface area contributed by atoms with Gasteiger partial charge < -0.3 is 0 Å². The summed E-state index contributed by atoms with van der Waals surface area (Å²) in [6.45, 7) is 0. The quantitative estimate of drug-likeness (QED) is 0.214. The van der Waals surface area contributed by atoms with Crippen molar-refractivity contribution >= 4 is 43.9 Å². The topological polar surface area (TPSA) is 61.4 Å². The molecule has 0 aliphatic heterocycles. The molecule has 0 aliphatic rings. The number of nitrogens with zero attached hydrogens (tertiary/aromatic N) is 6. The highest BCUT2D eigenvalue weighted by molar-refractivity contribution is 6.16. The molecule has 206 valence electrons. The van der Waals surface area contributed by atoms with Crippen LogP contribution >= 0.6 is 0 Å². The molecule has 0 unspecified atom stereocenters. The molecule has 6 heteroatoms. The Labute approximate surface area is 252 Å². The van der Waals surface area contributed by atoms with Crippen LogP contribution in [0.3, 0.4) is 0 Å². The molecule has 44 heavy (non-hydrogen) atoms. The first-order valence-corrected chi connectivity index (χ1v) is 14.6. The lowest BCUT2D eigenvalue weighted by atomic mass is 10.1. The molecule has 4 heterocycles. The highest BCUT2D eigenvalue weighted by Crippen LogP contribution is 2.37. The summed E-state index contributed by atoms with van der Waals surface area (Å²) < 4.78 is 4.32. The molecule has 0 atom stereocenters. The van der Waals surface area contributed by atoms with Gasteiger partial charge in [-0.15, -0.1) is 0 Å². The van der Waals surface area contributed by atoms with Crippen LogP contribution in [-0.4, -0.2) is 29.1 Å². The van der Waals surface area contributed by atoms with Gasteiger partial charge >= 0.3 is 0 Å². The minimum absolute atomic E-state index is 0.526. The number of para-hydroxylation sites is 3. The number of hydrogen-bond donors (Lipinski definition) is 0. The molecule has 0 amide bonds. The summed E-state index contributed by atoms with van der Waals surface area (Å²) in [4.78, 5) is 20.5.